The van der Waals surface area contributed by atoms with Crippen LogP contribution >= 0.6 is 15.9 Å². The van der Waals surface area contributed by atoms with Crippen molar-refractivity contribution >= 4 is 26.7 Å². The number of aryl methyl sites for hydroxylation is 1. The Morgan fingerprint density at radius 3 is 2.71 bits per heavy atom. The Hall–Kier alpha value is -1.03. The number of rotatable bonds is 0. The normalized spacial score (nSPS) is 10.9. The summed E-state index contributed by atoms with van der Waals surface area (Å²) >= 11 is 3.20. The molecule has 0 spiro atoms. The van der Waals surface area contributed by atoms with Gasteiger partial charge in [0.05, 0.1) is 0 Å². The zero-order valence-corrected chi connectivity index (χ0v) is 8.90. The van der Waals surface area contributed by atoms with Gasteiger partial charge >= 0.3 is 0 Å². The van der Waals surface area contributed by atoms with Gasteiger partial charge in [-0.2, -0.15) is 0 Å². The minimum atomic E-state index is -0.864. The van der Waals surface area contributed by atoms with Crippen LogP contribution in [-0.2, 0) is 0 Å². The number of pyridine rings is 1. The molecule has 0 amide bonds. The summed E-state index contributed by atoms with van der Waals surface area (Å²) in [4.78, 5) is 3.83. The van der Waals surface area contributed by atoms with Crippen molar-refractivity contribution in [3.05, 3.63) is 40.1 Å². The maximum Gasteiger partial charge on any atom is 0.168 e. The molecule has 14 heavy (non-hydrogen) atoms. The highest BCUT2D eigenvalue weighted by molar-refractivity contribution is 9.10. The number of aromatic nitrogens is 1. The van der Waals surface area contributed by atoms with Crippen LogP contribution in [0.15, 0.2) is 22.9 Å². The lowest BCUT2D eigenvalue weighted by molar-refractivity contribution is 0.516. The van der Waals surface area contributed by atoms with E-state index in [1.165, 1.54) is 6.20 Å². The van der Waals surface area contributed by atoms with Crippen molar-refractivity contribution in [3.63, 3.8) is 0 Å². The van der Waals surface area contributed by atoms with E-state index in [0.717, 1.165) is 11.6 Å². The van der Waals surface area contributed by atoms with E-state index >= 15 is 0 Å². The standard InChI is InChI=1S/C10H6BrF2N/c1-5-3-14-4-6-9(5)7(11)2-8(12)10(6)13/h2-4H,1H3. The second-order valence-corrected chi connectivity index (χ2v) is 3.89. The molecule has 0 N–H and O–H groups in total. The van der Waals surface area contributed by atoms with E-state index in [0.29, 0.717) is 9.86 Å². The molecule has 1 heterocycles. The molecular formula is C10H6BrF2N. The molecule has 0 fully saturated rings. The van der Waals surface area contributed by atoms with Crippen molar-refractivity contribution in [2.24, 2.45) is 0 Å². The maximum atomic E-state index is 13.3. The average molecular weight is 258 g/mol. The molecule has 72 valence electrons. The van der Waals surface area contributed by atoms with Gasteiger partial charge in [0.2, 0.25) is 0 Å². The summed E-state index contributed by atoms with van der Waals surface area (Å²) in [7, 11) is 0. The molecule has 0 saturated heterocycles. The molecule has 0 saturated carbocycles. The van der Waals surface area contributed by atoms with Gasteiger partial charge in [-0.25, -0.2) is 8.78 Å². The molecule has 1 aromatic carbocycles. The van der Waals surface area contributed by atoms with Crippen molar-refractivity contribution in [1.82, 2.24) is 4.98 Å². The first-order chi connectivity index (χ1) is 6.61. The smallest absolute Gasteiger partial charge is 0.168 e. The van der Waals surface area contributed by atoms with Crippen LogP contribution in [0.2, 0.25) is 0 Å². The Balaban J connectivity index is 3.02. The molecule has 2 rings (SSSR count). The highest BCUT2D eigenvalue weighted by Gasteiger charge is 2.12. The zero-order valence-electron chi connectivity index (χ0n) is 7.31. The van der Waals surface area contributed by atoms with Gasteiger partial charge in [0, 0.05) is 27.6 Å². The van der Waals surface area contributed by atoms with Crippen LogP contribution in [0.4, 0.5) is 8.78 Å². The molecule has 4 heteroatoms. The highest BCUT2D eigenvalue weighted by Crippen LogP contribution is 2.29. The third kappa shape index (κ3) is 1.30. The molecule has 0 radical (unpaired) electrons. The first-order valence-corrected chi connectivity index (χ1v) is 4.78. The van der Waals surface area contributed by atoms with Crippen LogP contribution in [0.1, 0.15) is 5.56 Å². The zero-order chi connectivity index (χ0) is 10.3. The predicted molar refractivity (Wildman–Crippen MR) is 54.1 cm³/mol. The Morgan fingerprint density at radius 2 is 2.00 bits per heavy atom. The number of benzene rings is 1. The summed E-state index contributed by atoms with van der Waals surface area (Å²) in [5.41, 5.74) is 0.813. The highest BCUT2D eigenvalue weighted by atomic mass is 79.9. The van der Waals surface area contributed by atoms with E-state index in [1.807, 2.05) is 0 Å². The molecule has 2 aromatic rings. The van der Waals surface area contributed by atoms with E-state index in [1.54, 1.807) is 13.1 Å². The van der Waals surface area contributed by atoms with Gasteiger partial charge in [0.1, 0.15) is 0 Å². The number of nitrogens with zero attached hydrogens (tertiary/aromatic N) is 1. The van der Waals surface area contributed by atoms with E-state index in [9.17, 15) is 8.78 Å². The summed E-state index contributed by atoms with van der Waals surface area (Å²) in [5.74, 6) is -1.71. The summed E-state index contributed by atoms with van der Waals surface area (Å²) in [6.07, 6.45) is 2.94. The van der Waals surface area contributed by atoms with Gasteiger partial charge in [0.15, 0.2) is 11.6 Å². The topological polar surface area (TPSA) is 12.9 Å². The van der Waals surface area contributed by atoms with Crippen molar-refractivity contribution in [2.45, 2.75) is 6.92 Å². The Bertz CT molecular complexity index is 511. The Kier molecular flexibility index (Phi) is 2.23. The van der Waals surface area contributed by atoms with E-state index in [-0.39, 0.29) is 5.39 Å². The predicted octanol–water partition coefficient (Wildman–Crippen LogP) is 3.58. The Labute approximate surface area is 87.9 Å². The Morgan fingerprint density at radius 1 is 1.29 bits per heavy atom. The van der Waals surface area contributed by atoms with Crippen LogP contribution in [0.3, 0.4) is 0 Å². The van der Waals surface area contributed by atoms with Gasteiger partial charge in [-0.15, -0.1) is 0 Å². The molecule has 0 atom stereocenters. The summed E-state index contributed by atoms with van der Waals surface area (Å²) in [6, 6.07) is 1.13. The molecular weight excluding hydrogens is 252 g/mol. The van der Waals surface area contributed by atoms with Crippen LogP contribution < -0.4 is 0 Å². The molecule has 1 nitrogen and oxygen atoms in total. The lowest BCUT2D eigenvalue weighted by Crippen LogP contribution is -1.91. The van der Waals surface area contributed by atoms with Gasteiger partial charge < -0.3 is 0 Å². The van der Waals surface area contributed by atoms with Crippen molar-refractivity contribution < 1.29 is 8.78 Å². The number of hydrogen-bond donors (Lipinski definition) is 0. The maximum absolute atomic E-state index is 13.3. The average Bonchev–Trinajstić information content (AvgIpc) is 2.14. The third-order valence-corrected chi connectivity index (χ3v) is 2.70. The fourth-order valence-corrected chi connectivity index (χ4v) is 2.15. The minimum absolute atomic E-state index is 0.205. The quantitative estimate of drug-likeness (QED) is 0.658. The SMILES string of the molecule is Cc1cncc2c(F)c(F)cc(Br)c12. The summed E-state index contributed by atoms with van der Waals surface area (Å²) in [5, 5.41) is 0.871. The van der Waals surface area contributed by atoms with E-state index in [2.05, 4.69) is 20.9 Å². The van der Waals surface area contributed by atoms with Gasteiger partial charge in [0.25, 0.3) is 0 Å². The molecule has 1 aromatic heterocycles. The molecule has 0 aliphatic heterocycles. The number of hydrogen-bond acceptors (Lipinski definition) is 1. The van der Waals surface area contributed by atoms with E-state index in [4.69, 9.17) is 0 Å². The first kappa shape index (κ1) is 9.52. The number of halogens is 3. The van der Waals surface area contributed by atoms with Crippen LogP contribution in [0.5, 0.6) is 0 Å². The first-order valence-electron chi connectivity index (χ1n) is 3.99. The largest absolute Gasteiger partial charge is 0.264 e. The van der Waals surface area contributed by atoms with Crippen LogP contribution in [0, 0.1) is 18.6 Å². The molecule has 0 aliphatic rings. The van der Waals surface area contributed by atoms with Crippen molar-refractivity contribution in [1.29, 1.82) is 0 Å². The van der Waals surface area contributed by atoms with Gasteiger partial charge in [-0.1, -0.05) is 15.9 Å². The number of fused-ring (bicyclic) bond motifs is 1. The van der Waals surface area contributed by atoms with Crippen LogP contribution in [0.25, 0.3) is 10.8 Å². The monoisotopic (exact) mass is 257 g/mol. The van der Waals surface area contributed by atoms with Gasteiger partial charge in [-0.3, -0.25) is 4.98 Å². The lowest BCUT2D eigenvalue weighted by atomic mass is 10.1. The van der Waals surface area contributed by atoms with Crippen molar-refractivity contribution in [3.8, 4) is 0 Å². The molecule has 0 aliphatic carbocycles. The fraction of sp³-hybridized carbons (Fsp3) is 0.100. The summed E-state index contributed by atoms with van der Waals surface area (Å²) in [6.45, 7) is 1.80. The van der Waals surface area contributed by atoms with Crippen molar-refractivity contribution in [2.75, 3.05) is 0 Å². The van der Waals surface area contributed by atoms with Crippen LogP contribution in [-0.4, -0.2) is 4.98 Å². The lowest BCUT2D eigenvalue weighted by Gasteiger charge is -2.05. The minimum Gasteiger partial charge on any atom is -0.264 e. The molecule has 0 unspecified atom stereocenters. The molecule has 0 bridgehead atoms. The van der Waals surface area contributed by atoms with Gasteiger partial charge in [-0.05, 0) is 18.6 Å². The van der Waals surface area contributed by atoms with E-state index < -0.39 is 11.6 Å². The summed E-state index contributed by atoms with van der Waals surface area (Å²) < 4.78 is 26.9. The second kappa shape index (κ2) is 3.28. The third-order valence-electron chi connectivity index (χ3n) is 2.07. The second-order valence-electron chi connectivity index (χ2n) is 3.03. The fourth-order valence-electron chi connectivity index (χ4n) is 1.42.